The zero-order valence-corrected chi connectivity index (χ0v) is 19.4. The molecule has 0 aromatic carbocycles. The average molecular weight is 520 g/mol. The minimum absolute atomic E-state index is 0. The van der Waals surface area contributed by atoms with Crippen molar-refractivity contribution in [2.75, 3.05) is 5.73 Å². The number of nitrogens with two attached hydrogens (primary N) is 1. The van der Waals surface area contributed by atoms with E-state index in [1.165, 1.54) is 12.4 Å². The van der Waals surface area contributed by atoms with Gasteiger partial charge in [-0.05, 0) is 41.5 Å². The first kappa shape index (κ1) is 29.4. The van der Waals surface area contributed by atoms with Gasteiger partial charge in [0.25, 0.3) is 0 Å². The van der Waals surface area contributed by atoms with E-state index in [1.54, 1.807) is 41.5 Å². The van der Waals surface area contributed by atoms with Crippen LogP contribution in [0.15, 0.2) is 24.8 Å². The molecule has 0 amide bonds. The van der Waals surface area contributed by atoms with Crippen molar-refractivity contribution in [3.05, 3.63) is 42.3 Å². The number of ether oxygens (including phenoxy) is 2. The van der Waals surface area contributed by atoms with Crippen LogP contribution in [0.25, 0.3) is 0 Å². The number of nitro groups is 1. The summed E-state index contributed by atoms with van der Waals surface area (Å²) in [5.41, 5.74) is 4.40. The molecule has 12 nitrogen and oxygen atoms in total. The Morgan fingerprint density at radius 1 is 1.00 bits per heavy atom. The fraction of sp³-hybridized carbons (Fsp3) is 0.471. The van der Waals surface area contributed by atoms with E-state index in [2.05, 4.69) is 10.2 Å². The van der Waals surface area contributed by atoms with Gasteiger partial charge in [0, 0.05) is 21.8 Å². The molecule has 0 radical (unpaired) electrons. The van der Waals surface area contributed by atoms with Crippen LogP contribution in [-0.2, 0) is 29.9 Å². The summed E-state index contributed by atoms with van der Waals surface area (Å²) in [6, 6.07) is 0. The van der Waals surface area contributed by atoms with E-state index in [9.17, 15) is 19.7 Å². The monoisotopic (exact) mass is 519 g/mol. The maximum atomic E-state index is 11.4. The first-order chi connectivity index (χ1) is 12.7. The van der Waals surface area contributed by atoms with Gasteiger partial charge < -0.3 is 22.6 Å². The largest absolute Gasteiger partial charge is 0.442 e. The molecule has 13 heteroatoms. The van der Waals surface area contributed by atoms with Gasteiger partial charge in [0.05, 0.1) is 23.0 Å². The summed E-state index contributed by atoms with van der Waals surface area (Å²) in [4.78, 5) is 32.3. The number of hydrogen-bond acceptors (Lipinski definition) is 9. The Kier molecular flexibility index (Phi) is 11.2. The topological polar surface area (TPSA) is 157 Å². The average Bonchev–Trinajstić information content (AvgIpc) is 3.13. The van der Waals surface area contributed by atoms with Crippen LogP contribution in [0.4, 0.5) is 21.0 Å². The van der Waals surface area contributed by atoms with Gasteiger partial charge in [0.15, 0.2) is 0 Å². The predicted molar refractivity (Wildman–Crippen MR) is 107 cm³/mol. The van der Waals surface area contributed by atoms with Crippen molar-refractivity contribution < 1.29 is 45.8 Å². The standard InChI is InChI=1S/C8H11N3O4.C8H13N3O2.CH3.Pd.H2/c1-8(2,3)15-7(12)10-5-6(4-9-10)11(13)14;1-8(2,3)13-7(12)11-5-6(9)4-10-11;;;/h4-5H,1-3H3;4-5H,9H2,1-3H3;1H3;;1H/q;;-1;;. The minimum atomic E-state index is -0.740. The molecule has 0 aliphatic heterocycles. The Bertz CT molecular complexity index is 856. The molecule has 2 aromatic heterocycles. The summed E-state index contributed by atoms with van der Waals surface area (Å²) in [5, 5.41) is 17.6. The molecule has 0 aliphatic carbocycles. The Morgan fingerprint density at radius 2 is 1.40 bits per heavy atom. The number of carbonyl (C=O) groups excluding carboxylic acids is 2. The van der Waals surface area contributed by atoms with Crippen molar-refractivity contribution in [3.63, 3.8) is 0 Å². The summed E-state index contributed by atoms with van der Waals surface area (Å²) < 4.78 is 11.9. The molecule has 0 atom stereocenters. The van der Waals surface area contributed by atoms with E-state index in [1.807, 2.05) is 0 Å². The molecule has 0 saturated carbocycles. The first-order valence-corrected chi connectivity index (χ1v) is 8.14. The molecule has 0 aliphatic rings. The van der Waals surface area contributed by atoms with Crippen molar-refractivity contribution >= 4 is 23.6 Å². The van der Waals surface area contributed by atoms with Crippen LogP contribution in [0, 0.1) is 17.5 Å². The van der Waals surface area contributed by atoms with Crippen LogP contribution in [-0.4, -0.2) is 47.9 Å². The Labute approximate surface area is 190 Å². The van der Waals surface area contributed by atoms with Crippen molar-refractivity contribution in [1.29, 1.82) is 0 Å². The van der Waals surface area contributed by atoms with Crippen molar-refractivity contribution in [1.82, 2.24) is 19.6 Å². The molecule has 2 N–H and O–H groups in total. The van der Waals surface area contributed by atoms with Crippen molar-refractivity contribution in [2.45, 2.75) is 52.7 Å². The smallest absolute Gasteiger partial charge is 0.435 e. The number of carbonyl (C=O) groups is 2. The molecule has 0 fully saturated rings. The van der Waals surface area contributed by atoms with Crippen LogP contribution < -0.4 is 5.73 Å². The number of hydrogen-bond donors (Lipinski definition) is 1. The number of anilines is 1. The molecule has 30 heavy (non-hydrogen) atoms. The van der Waals surface area contributed by atoms with E-state index in [-0.39, 0.29) is 35.0 Å². The number of aromatic nitrogens is 4. The van der Waals surface area contributed by atoms with Crippen LogP contribution in [0.2, 0.25) is 0 Å². The van der Waals surface area contributed by atoms with E-state index >= 15 is 0 Å². The zero-order valence-electron chi connectivity index (χ0n) is 17.9. The predicted octanol–water partition coefficient (Wildman–Crippen LogP) is 3.52. The van der Waals surface area contributed by atoms with Gasteiger partial charge in [0.1, 0.15) is 23.6 Å². The van der Waals surface area contributed by atoms with Gasteiger partial charge in [-0.3, -0.25) is 10.1 Å². The van der Waals surface area contributed by atoms with Gasteiger partial charge in [-0.15, -0.1) is 0 Å². The van der Waals surface area contributed by atoms with Crippen LogP contribution in [0.5, 0.6) is 0 Å². The molecule has 0 saturated heterocycles. The quantitative estimate of drug-likeness (QED) is 0.257. The second kappa shape index (κ2) is 11.4. The van der Waals surface area contributed by atoms with Crippen LogP contribution in [0.1, 0.15) is 43.0 Å². The maximum absolute atomic E-state index is 11.4. The van der Waals surface area contributed by atoms with Crippen LogP contribution in [0.3, 0.4) is 0 Å². The molecule has 2 rings (SSSR count). The summed E-state index contributed by atoms with van der Waals surface area (Å²) in [6.45, 7) is 10.5. The van der Waals surface area contributed by atoms with Crippen molar-refractivity contribution in [2.24, 2.45) is 0 Å². The van der Waals surface area contributed by atoms with Gasteiger partial charge in [-0.2, -0.15) is 19.6 Å². The molecule has 174 valence electrons. The summed E-state index contributed by atoms with van der Waals surface area (Å²) in [5.74, 6) is 0. The second-order valence-corrected chi connectivity index (χ2v) is 7.58. The third-order valence-electron chi connectivity index (χ3n) is 2.54. The van der Waals surface area contributed by atoms with E-state index in [0.29, 0.717) is 5.69 Å². The fourth-order valence-electron chi connectivity index (χ4n) is 1.56. The van der Waals surface area contributed by atoms with Gasteiger partial charge in [0.2, 0.25) is 0 Å². The number of nitrogens with zero attached hydrogens (tertiary/aromatic N) is 5. The molecular formula is C17H29N6O6Pd-. The number of nitrogen functional groups attached to an aromatic ring is 1. The van der Waals surface area contributed by atoms with Crippen LogP contribution >= 0.6 is 0 Å². The van der Waals surface area contributed by atoms with E-state index in [4.69, 9.17) is 15.2 Å². The van der Waals surface area contributed by atoms with Gasteiger partial charge in [-0.25, -0.2) is 9.59 Å². The first-order valence-electron chi connectivity index (χ1n) is 8.14. The molecule has 0 spiro atoms. The van der Waals surface area contributed by atoms with Crippen molar-refractivity contribution in [3.8, 4) is 0 Å². The van der Waals surface area contributed by atoms with E-state index < -0.39 is 28.3 Å². The molecule has 2 aromatic rings. The molecule has 2 heterocycles. The summed E-state index contributed by atoms with van der Waals surface area (Å²) >= 11 is 0. The normalized spacial score (nSPS) is 10.5. The SMILES string of the molecule is CC(C)(C)OC(=O)n1cc(N)cn1.CC(C)(C)OC(=O)n1cc([N+](=O)[O-])cn1.[CH3-].[HH].[Pd]. The minimum Gasteiger partial charge on any atom is -0.442 e. The number of rotatable bonds is 1. The van der Waals surface area contributed by atoms with E-state index in [0.717, 1.165) is 21.8 Å². The molecule has 0 bridgehead atoms. The Hall–Kier alpha value is -2.78. The van der Waals surface area contributed by atoms with Gasteiger partial charge >= 0.3 is 17.9 Å². The summed E-state index contributed by atoms with van der Waals surface area (Å²) in [6.07, 6.45) is 3.54. The molecule has 0 unspecified atom stereocenters. The maximum Gasteiger partial charge on any atom is 0.435 e. The fourth-order valence-corrected chi connectivity index (χ4v) is 1.56. The Balaban J connectivity index is -0.000000465. The molecular weight excluding hydrogens is 491 g/mol. The Morgan fingerprint density at radius 3 is 1.70 bits per heavy atom. The zero-order chi connectivity index (χ0) is 21.7. The third kappa shape index (κ3) is 10.7. The van der Waals surface area contributed by atoms with Gasteiger partial charge in [-0.1, -0.05) is 0 Å². The third-order valence-corrected chi connectivity index (χ3v) is 2.54. The second-order valence-electron chi connectivity index (χ2n) is 7.58. The summed E-state index contributed by atoms with van der Waals surface area (Å²) in [7, 11) is 0.